The van der Waals surface area contributed by atoms with Crippen LogP contribution in [0.25, 0.3) is 10.1 Å². The number of aryl methyl sites for hydroxylation is 1. The number of rotatable bonds is 2. The van der Waals surface area contributed by atoms with Crippen LogP contribution in [0.3, 0.4) is 0 Å². The molecule has 106 valence electrons. The average Bonchev–Trinajstić information content (AvgIpc) is 2.81. The normalized spacial score (nSPS) is 10.8. The zero-order valence-electron chi connectivity index (χ0n) is 11.0. The van der Waals surface area contributed by atoms with E-state index in [0.717, 1.165) is 15.6 Å². The van der Waals surface area contributed by atoms with Gasteiger partial charge in [0.05, 0.1) is 5.02 Å². The van der Waals surface area contributed by atoms with Crippen LogP contribution in [0.15, 0.2) is 42.5 Å². The first-order valence-corrected chi connectivity index (χ1v) is 7.79. The van der Waals surface area contributed by atoms with E-state index in [0.29, 0.717) is 20.7 Å². The number of hydrogen-bond donors (Lipinski definition) is 0. The van der Waals surface area contributed by atoms with E-state index in [9.17, 15) is 4.79 Å². The highest BCUT2D eigenvalue weighted by atomic mass is 35.5. The summed E-state index contributed by atoms with van der Waals surface area (Å²) >= 11 is 13.6. The predicted octanol–water partition coefficient (Wildman–Crippen LogP) is 5.74. The fourth-order valence-corrected chi connectivity index (χ4v) is 3.49. The topological polar surface area (TPSA) is 26.3 Å². The molecule has 0 spiro atoms. The highest BCUT2D eigenvalue weighted by Gasteiger charge is 2.19. The summed E-state index contributed by atoms with van der Waals surface area (Å²) in [5.74, 6) is -0.0646. The third kappa shape index (κ3) is 2.77. The molecule has 0 atom stereocenters. The van der Waals surface area contributed by atoms with Gasteiger partial charge in [-0.25, -0.2) is 4.79 Å². The molecule has 0 bridgehead atoms. The molecule has 3 rings (SSSR count). The van der Waals surface area contributed by atoms with Crippen LogP contribution in [0.2, 0.25) is 10.0 Å². The highest BCUT2D eigenvalue weighted by Crippen LogP contribution is 2.36. The fourth-order valence-electron chi connectivity index (χ4n) is 1.94. The number of benzene rings is 2. The van der Waals surface area contributed by atoms with Crippen molar-refractivity contribution in [3.8, 4) is 5.75 Å². The molecule has 2 nitrogen and oxygen atoms in total. The second-order valence-corrected chi connectivity index (χ2v) is 6.38. The Balaban J connectivity index is 1.93. The molecule has 0 unspecified atom stereocenters. The summed E-state index contributed by atoms with van der Waals surface area (Å²) in [5, 5.41) is 1.85. The second kappa shape index (κ2) is 5.68. The minimum absolute atomic E-state index is 0.398. The van der Waals surface area contributed by atoms with Crippen LogP contribution < -0.4 is 4.74 Å². The Labute approximate surface area is 135 Å². The number of carbonyl (C=O) groups excluding carboxylic acids is 1. The van der Waals surface area contributed by atoms with Crippen molar-refractivity contribution in [2.75, 3.05) is 0 Å². The third-order valence-electron chi connectivity index (χ3n) is 3.07. The first kappa shape index (κ1) is 14.4. The van der Waals surface area contributed by atoms with Crippen molar-refractivity contribution in [3.63, 3.8) is 0 Å². The number of thiophene rings is 1. The van der Waals surface area contributed by atoms with Crippen LogP contribution in [0, 0.1) is 6.92 Å². The summed E-state index contributed by atoms with van der Waals surface area (Å²) in [4.78, 5) is 12.7. The molecule has 1 heterocycles. The van der Waals surface area contributed by atoms with E-state index < -0.39 is 5.97 Å². The van der Waals surface area contributed by atoms with E-state index in [1.807, 2.05) is 31.2 Å². The Hall–Kier alpha value is -1.55. The standard InChI is InChI=1S/C16H10Cl2O2S/c1-9-6-7-10(8-12(9)17)20-16(19)15-14(18)11-4-2-3-5-13(11)21-15/h2-8H,1H3. The number of halogens is 2. The number of esters is 1. The van der Waals surface area contributed by atoms with Gasteiger partial charge in [-0.1, -0.05) is 47.5 Å². The number of ether oxygens (including phenoxy) is 1. The summed E-state index contributed by atoms with van der Waals surface area (Å²) in [7, 11) is 0. The molecule has 0 aliphatic carbocycles. The van der Waals surface area contributed by atoms with Crippen LogP contribution in [-0.4, -0.2) is 5.97 Å². The van der Waals surface area contributed by atoms with Gasteiger partial charge in [0.15, 0.2) is 0 Å². The van der Waals surface area contributed by atoms with Gasteiger partial charge in [0.2, 0.25) is 0 Å². The lowest BCUT2D eigenvalue weighted by molar-refractivity contribution is 0.0740. The zero-order valence-corrected chi connectivity index (χ0v) is 13.4. The van der Waals surface area contributed by atoms with Crippen LogP contribution >= 0.6 is 34.5 Å². The Morgan fingerprint density at radius 1 is 1.14 bits per heavy atom. The van der Waals surface area contributed by atoms with E-state index in [-0.39, 0.29) is 0 Å². The van der Waals surface area contributed by atoms with Gasteiger partial charge in [0.1, 0.15) is 10.6 Å². The molecule has 0 N–H and O–H groups in total. The van der Waals surface area contributed by atoms with Crippen LogP contribution in [0.4, 0.5) is 0 Å². The molecule has 1 aromatic heterocycles. The van der Waals surface area contributed by atoms with Crippen molar-refractivity contribution < 1.29 is 9.53 Å². The molecule has 0 aliphatic heterocycles. The summed E-state index contributed by atoms with van der Waals surface area (Å²) in [5.41, 5.74) is 0.927. The molecule has 2 aromatic carbocycles. The third-order valence-corrected chi connectivity index (χ3v) is 5.14. The van der Waals surface area contributed by atoms with Gasteiger partial charge in [-0.3, -0.25) is 0 Å². The Morgan fingerprint density at radius 3 is 2.62 bits per heavy atom. The van der Waals surface area contributed by atoms with Crippen molar-refractivity contribution in [2.45, 2.75) is 6.92 Å². The maximum Gasteiger partial charge on any atom is 0.355 e. The number of carbonyl (C=O) groups is 1. The highest BCUT2D eigenvalue weighted by molar-refractivity contribution is 7.21. The number of hydrogen-bond acceptors (Lipinski definition) is 3. The van der Waals surface area contributed by atoms with Crippen LogP contribution in [0.1, 0.15) is 15.2 Å². The number of fused-ring (bicyclic) bond motifs is 1. The minimum atomic E-state index is -0.471. The smallest absolute Gasteiger partial charge is 0.355 e. The van der Waals surface area contributed by atoms with Crippen molar-refractivity contribution in [1.29, 1.82) is 0 Å². The summed E-state index contributed by atoms with van der Waals surface area (Å²) in [6, 6.07) is 12.7. The molecule has 3 aromatic rings. The molecule has 21 heavy (non-hydrogen) atoms. The molecule has 0 aliphatic rings. The molecule has 0 saturated heterocycles. The summed E-state index contributed by atoms with van der Waals surface area (Å²) in [6.45, 7) is 1.89. The largest absolute Gasteiger partial charge is 0.422 e. The van der Waals surface area contributed by atoms with Gasteiger partial charge < -0.3 is 4.74 Å². The lowest BCUT2D eigenvalue weighted by atomic mass is 10.2. The lowest BCUT2D eigenvalue weighted by Gasteiger charge is -2.05. The van der Waals surface area contributed by atoms with Crippen molar-refractivity contribution in [1.82, 2.24) is 0 Å². The van der Waals surface area contributed by atoms with Crippen molar-refractivity contribution in [2.24, 2.45) is 0 Å². The zero-order chi connectivity index (χ0) is 15.0. The Kier molecular flexibility index (Phi) is 3.89. The molecule has 5 heteroatoms. The quantitative estimate of drug-likeness (QED) is 0.440. The minimum Gasteiger partial charge on any atom is -0.422 e. The fraction of sp³-hybridized carbons (Fsp3) is 0.0625. The maximum absolute atomic E-state index is 12.3. The van der Waals surface area contributed by atoms with Crippen molar-refractivity contribution in [3.05, 3.63) is 63.0 Å². The monoisotopic (exact) mass is 336 g/mol. The second-order valence-electron chi connectivity index (χ2n) is 4.54. The van der Waals surface area contributed by atoms with Crippen LogP contribution in [-0.2, 0) is 0 Å². The SMILES string of the molecule is Cc1ccc(OC(=O)c2sc3ccccc3c2Cl)cc1Cl. The Bertz CT molecular complexity index is 839. The van der Waals surface area contributed by atoms with E-state index in [2.05, 4.69) is 0 Å². The van der Waals surface area contributed by atoms with E-state index in [1.165, 1.54) is 11.3 Å². The van der Waals surface area contributed by atoms with Gasteiger partial charge in [0.25, 0.3) is 0 Å². The van der Waals surface area contributed by atoms with E-state index in [4.69, 9.17) is 27.9 Å². The van der Waals surface area contributed by atoms with E-state index >= 15 is 0 Å². The van der Waals surface area contributed by atoms with Gasteiger partial charge in [-0.05, 0) is 30.7 Å². The van der Waals surface area contributed by atoms with Gasteiger partial charge in [-0.15, -0.1) is 11.3 Å². The molecule has 0 saturated carbocycles. The van der Waals surface area contributed by atoms with Crippen molar-refractivity contribution >= 4 is 50.6 Å². The molecule has 0 fully saturated rings. The van der Waals surface area contributed by atoms with Gasteiger partial charge >= 0.3 is 5.97 Å². The lowest BCUT2D eigenvalue weighted by Crippen LogP contribution is -2.07. The molecule has 0 radical (unpaired) electrons. The molecular weight excluding hydrogens is 327 g/mol. The molecular formula is C16H10Cl2O2S. The maximum atomic E-state index is 12.3. The first-order valence-electron chi connectivity index (χ1n) is 6.21. The van der Waals surface area contributed by atoms with E-state index in [1.54, 1.807) is 18.2 Å². The predicted molar refractivity (Wildman–Crippen MR) is 88.0 cm³/mol. The summed E-state index contributed by atoms with van der Waals surface area (Å²) < 4.78 is 6.30. The average molecular weight is 337 g/mol. The summed E-state index contributed by atoms with van der Waals surface area (Å²) in [6.07, 6.45) is 0. The Morgan fingerprint density at radius 2 is 1.90 bits per heavy atom. The van der Waals surface area contributed by atoms with Crippen LogP contribution in [0.5, 0.6) is 5.75 Å². The van der Waals surface area contributed by atoms with Gasteiger partial charge in [0, 0.05) is 15.1 Å². The first-order chi connectivity index (χ1) is 10.1. The van der Waals surface area contributed by atoms with Gasteiger partial charge in [-0.2, -0.15) is 0 Å². The molecule has 0 amide bonds.